The van der Waals surface area contributed by atoms with E-state index in [4.69, 9.17) is 4.74 Å². The van der Waals surface area contributed by atoms with Crippen molar-refractivity contribution in [3.8, 4) is 5.75 Å². The lowest BCUT2D eigenvalue weighted by Crippen LogP contribution is -2.42. The number of piperidine rings is 1. The summed E-state index contributed by atoms with van der Waals surface area (Å²) in [5.41, 5.74) is 2.37. The van der Waals surface area contributed by atoms with Crippen molar-refractivity contribution in [2.24, 2.45) is 5.92 Å². The second kappa shape index (κ2) is 10.7. The number of nitrogens with one attached hydrogen (secondary N) is 1. The summed E-state index contributed by atoms with van der Waals surface area (Å²) in [4.78, 5) is 12.9. The van der Waals surface area contributed by atoms with E-state index in [9.17, 15) is 13.2 Å². The maximum absolute atomic E-state index is 13.2. The van der Waals surface area contributed by atoms with E-state index in [1.165, 1.54) is 4.31 Å². The number of hydrogen-bond acceptors (Lipinski definition) is 6. The standard InChI is InChI=1S/C25H33N5O4S/c1-4-18(3)30-24-11-10-22(16-23(24)27-28-30)35(32,33)29-14-12-20(13-15-29)25(31)26-17-19-6-8-21(9-7-19)34-5-2/h6-11,16,18,20H,4-5,12-15,17H2,1-3H3,(H,26,31)/t18-/m0/s1. The Labute approximate surface area is 206 Å². The highest BCUT2D eigenvalue weighted by Crippen LogP contribution is 2.27. The summed E-state index contributed by atoms with van der Waals surface area (Å²) >= 11 is 0. The number of ether oxygens (including phenoxy) is 1. The number of nitrogens with zero attached hydrogens (tertiary/aromatic N) is 4. The molecule has 1 amide bonds. The monoisotopic (exact) mass is 499 g/mol. The zero-order chi connectivity index (χ0) is 25.0. The van der Waals surface area contributed by atoms with Gasteiger partial charge in [-0.05, 0) is 69.0 Å². The van der Waals surface area contributed by atoms with Crippen LogP contribution in [0.15, 0.2) is 47.4 Å². The van der Waals surface area contributed by atoms with E-state index in [2.05, 4.69) is 29.5 Å². The average Bonchev–Trinajstić information content (AvgIpc) is 3.31. The molecule has 0 spiro atoms. The quantitative estimate of drug-likeness (QED) is 0.483. The molecule has 188 valence electrons. The first-order valence-electron chi connectivity index (χ1n) is 12.2. The summed E-state index contributed by atoms with van der Waals surface area (Å²) in [6.07, 6.45) is 1.88. The molecule has 0 aliphatic carbocycles. The second-order valence-electron chi connectivity index (χ2n) is 8.91. The Morgan fingerprint density at radius 3 is 2.51 bits per heavy atom. The van der Waals surface area contributed by atoms with Crippen molar-refractivity contribution in [1.29, 1.82) is 0 Å². The van der Waals surface area contributed by atoms with Crippen molar-refractivity contribution in [2.45, 2.75) is 57.5 Å². The van der Waals surface area contributed by atoms with E-state index < -0.39 is 10.0 Å². The minimum atomic E-state index is -3.67. The molecular weight excluding hydrogens is 466 g/mol. The van der Waals surface area contributed by atoms with Gasteiger partial charge in [0.2, 0.25) is 15.9 Å². The van der Waals surface area contributed by atoms with Crippen molar-refractivity contribution >= 4 is 27.0 Å². The number of hydrogen-bond donors (Lipinski definition) is 1. The number of benzene rings is 2. The molecule has 35 heavy (non-hydrogen) atoms. The molecule has 4 rings (SSSR count). The predicted molar refractivity (Wildman–Crippen MR) is 133 cm³/mol. The molecule has 9 nitrogen and oxygen atoms in total. The minimum Gasteiger partial charge on any atom is -0.494 e. The molecule has 2 heterocycles. The van der Waals surface area contributed by atoms with E-state index in [-0.39, 0.29) is 22.8 Å². The Morgan fingerprint density at radius 2 is 1.86 bits per heavy atom. The van der Waals surface area contributed by atoms with Crippen LogP contribution in [0.3, 0.4) is 0 Å². The van der Waals surface area contributed by atoms with Gasteiger partial charge >= 0.3 is 0 Å². The van der Waals surface area contributed by atoms with Gasteiger partial charge in [0, 0.05) is 25.6 Å². The van der Waals surface area contributed by atoms with Crippen molar-refractivity contribution in [1.82, 2.24) is 24.6 Å². The first-order chi connectivity index (χ1) is 16.8. The summed E-state index contributed by atoms with van der Waals surface area (Å²) in [6, 6.07) is 12.8. The fourth-order valence-corrected chi connectivity index (χ4v) is 5.78. The number of carbonyl (C=O) groups excluding carboxylic acids is 1. The second-order valence-corrected chi connectivity index (χ2v) is 10.9. The zero-order valence-electron chi connectivity index (χ0n) is 20.5. The third kappa shape index (κ3) is 5.48. The Kier molecular flexibility index (Phi) is 7.71. The molecule has 0 bridgehead atoms. The van der Waals surface area contributed by atoms with Gasteiger partial charge in [0.15, 0.2) is 0 Å². The SMILES string of the molecule is CCOc1ccc(CNC(=O)C2CCN(S(=O)(=O)c3ccc4c(c3)nnn4[C@@H](C)CC)CC2)cc1. The summed E-state index contributed by atoms with van der Waals surface area (Å²) in [5.74, 6) is 0.552. The van der Waals surface area contributed by atoms with Gasteiger partial charge in [-0.15, -0.1) is 5.10 Å². The highest BCUT2D eigenvalue weighted by Gasteiger charge is 2.32. The fraction of sp³-hybridized carbons (Fsp3) is 0.480. The number of carbonyl (C=O) groups is 1. The molecule has 0 saturated carbocycles. The van der Waals surface area contributed by atoms with Crippen LogP contribution in [0.2, 0.25) is 0 Å². The van der Waals surface area contributed by atoms with Gasteiger partial charge in [-0.25, -0.2) is 13.1 Å². The Morgan fingerprint density at radius 1 is 1.14 bits per heavy atom. The molecule has 1 atom stereocenters. The highest BCUT2D eigenvalue weighted by atomic mass is 32.2. The minimum absolute atomic E-state index is 0.0426. The normalized spacial score (nSPS) is 16.3. The molecule has 1 saturated heterocycles. The van der Waals surface area contributed by atoms with E-state index in [1.54, 1.807) is 18.2 Å². The summed E-state index contributed by atoms with van der Waals surface area (Å²) in [6.45, 7) is 7.71. The van der Waals surface area contributed by atoms with Gasteiger partial charge in [0.1, 0.15) is 11.3 Å². The molecule has 3 aromatic rings. The highest BCUT2D eigenvalue weighted by molar-refractivity contribution is 7.89. The number of rotatable bonds is 9. The van der Waals surface area contributed by atoms with Crippen LogP contribution in [-0.4, -0.2) is 53.3 Å². The third-order valence-electron chi connectivity index (χ3n) is 6.61. The molecule has 1 aliphatic rings. The molecule has 1 fully saturated rings. The van der Waals surface area contributed by atoms with E-state index in [1.807, 2.05) is 35.9 Å². The lowest BCUT2D eigenvalue weighted by Gasteiger charge is -2.30. The molecular formula is C25H33N5O4S. The molecule has 1 N–H and O–H groups in total. The van der Waals surface area contributed by atoms with Crippen LogP contribution in [-0.2, 0) is 21.4 Å². The maximum atomic E-state index is 13.2. The van der Waals surface area contributed by atoms with Gasteiger partial charge in [-0.1, -0.05) is 24.3 Å². The van der Waals surface area contributed by atoms with E-state index in [0.717, 1.165) is 23.3 Å². The lowest BCUT2D eigenvalue weighted by molar-refractivity contribution is -0.126. The molecule has 1 aromatic heterocycles. The predicted octanol–water partition coefficient (Wildman–Crippen LogP) is 3.52. The topological polar surface area (TPSA) is 106 Å². The van der Waals surface area contributed by atoms with Crippen LogP contribution >= 0.6 is 0 Å². The third-order valence-corrected chi connectivity index (χ3v) is 8.51. The number of fused-ring (bicyclic) bond motifs is 1. The van der Waals surface area contributed by atoms with Gasteiger partial charge in [0.05, 0.1) is 23.1 Å². The van der Waals surface area contributed by atoms with Gasteiger partial charge < -0.3 is 10.1 Å². The number of sulfonamides is 1. The number of amides is 1. The van der Waals surface area contributed by atoms with Crippen LogP contribution in [0.5, 0.6) is 5.75 Å². The summed E-state index contributed by atoms with van der Waals surface area (Å²) < 4.78 is 35.2. The Bertz CT molecular complexity index is 1260. The molecule has 2 aromatic carbocycles. The van der Waals surface area contributed by atoms with E-state index in [0.29, 0.717) is 44.6 Å². The van der Waals surface area contributed by atoms with Crippen LogP contribution in [0.4, 0.5) is 0 Å². The van der Waals surface area contributed by atoms with Crippen molar-refractivity contribution in [3.05, 3.63) is 48.0 Å². The van der Waals surface area contributed by atoms with Crippen LogP contribution in [0, 0.1) is 5.92 Å². The maximum Gasteiger partial charge on any atom is 0.243 e. The van der Waals surface area contributed by atoms with Gasteiger partial charge in [0.25, 0.3) is 0 Å². The largest absolute Gasteiger partial charge is 0.494 e. The Balaban J connectivity index is 1.34. The summed E-state index contributed by atoms with van der Waals surface area (Å²) in [5, 5.41) is 11.3. The Hall–Kier alpha value is -2.98. The van der Waals surface area contributed by atoms with Crippen molar-refractivity contribution < 1.29 is 17.9 Å². The first-order valence-corrected chi connectivity index (χ1v) is 13.6. The molecule has 0 radical (unpaired) electrons. The fourth-order valence-electron chi connectivity index (χ4n) is 4.29. The van der Waals surface area contributed by atoms with Crippen molar-refractivity contribution in [3.63, 3.8) is 0 Å². The first kappa shape index (κ1) is 25.1. The molecule has 10 heteroatoms. The lowest BCUT2D eigenvalue weighted by atomic mass is 9.97. The van der Waals surface area contributed by atoms with E-state index >= 15 is 0 Å². The van der Waals surface area contributed by atoms with Crippen LogP contribution in [0.25, 0.3) is 11.0 Å². The zero-order valence-corrected chi connectivity index (χ0v) is 21.3. The molecule has 1 aliphatic heterocycles. The van der Waals surface area contributed by atoms with Crippen molar-refractivity contribution in [2.75, 3.05) is 19.7 Å². The average molecular weight is 500 g/mol. The number of aromatic nitrogens is 3. The summed E-state index contributed by atoms with van der Waals surface area (Å²) in [7, 11) is -3.67. The molecule has 0 unspecified atom stereocenters. The van der Waals surface area contributed by atoms with Crippen LogP contribution < -0.4 is 10.1 Å². The van der Waals surface area contributed by atoms with Crippen LogP contribution in [0.1, 0.15) is 51.6 Å². The van der Waals surface area contributed by atoms with Gasteiger partial charge in [-0.2, -0.15) is 4.31 Å². The smallest absolute Gasteiger partial charge is 0.243 e. The van der Waals surface area contributed by atoms with Gasteiger partial charge in [-0.3, -0.25) is 4.79 Å².